The molecule has 0 aromatic rings. The molecule has 0 heterocycles. The van der Waals surface area contributed by atoms with Crippen LogP contribution in [0.5, 0.6) is 0 Å². The first kappa shape index (κ1) is 16.9. The molecule has 4 nitrogen and oxygen atoms in total. The summed E-state index contributed by atoms with van der Waals surface area (Å²) < 4.78 is 0. The van der Waals surface area contributed by atoms with E-state index >= 15 is 0 Å². The van der Waals surface area contributed by atoms with Crippen LogP contribution < -0.4 is 16.4 Å². The van der Waals surface area contributed by atoms with Crippen LogP contribution >= 0.6 is 0 Å². The molecule has 1 atom stereocenters. The normalized spacial score (nSPS) is 13.8. The molecule has 0 aliphatic heterocycles. The molecule has 0 aromatic carbocycles. The number of rotatable bonds is 7. The van der Waals surface area contributed by atoms with Gasteiger partial charge in [0.25, 0.3) is 0 Å². The van der Waals surface area contributed by atoms with E-state index in [-0.39, 0.29) is 17.6 Å². The lowest BCUT2D eigenvalue weighted by Gasteiger charge is -2.29. The van der Waals surface area contributed by atoms with E-state index in [0.717, 1.165) is 12.8 Å². The van der Waals surface area contributed by atoms with E-state index in [4.69, 9.17) is 12.2 Å². The van der Waals surface area contributed by atoms with Crippen molar-refractivity contribution in [2.45, 2.75) is 58.7 Å². The summed E-state index contributed by atoms with van der Waals surface area (Å²) in [6, 6.07) is 0. The zero-order valence-corrected chi connectivity index (χ0v) is 12.3. The summed E-state index contributed by atoms with van der Waals surface area (Å²) in [5.41, 5.74) is 5.25. The summed E-state index contributed by atoms with van der Waals surface area (Å²) in [6.07, 6.45) is 7.09. The van der Waals surface area contributed by atoms with E-state index in [1.165, 1.54) is 0 Å². The average molecular weight is 253 g/mol. The summed E-state index contributed by atoms with van der Waals surface area (Å²) in [7, 11) is 1.78. The fraction of sp³-hybridized carbons (Fsp3) is 0.786. The van der Waals surface area contributed by atoms with Crippen LogP contribution in [0.25, 0.3) is 0 Å². The SMILES string of the molecule is C#CCC(NC)NC(=O)C(C)(C)CCC(C)(C)N. The molecular weight excluding hydrogens is 226 g/mol. The highest BCUT2D eigenvalue weighted by Gasteiger charge is 2.30. The van der Waals surface area contributed by atoms with Gasteiger partial charge in [-0.25, -0.2) is 0 Å². The van der Waals surface area contributed by atoms with Gasteiger partial charge in [0, 0.05) is 17.4 Å². The number of hydrogen-bond donors (Lipinski definition) is 3. The molecule has 18 heavy (non-hydrogen) atoms. The average Bonchev–Trinajstić information content (AvgIpc) is 2.25. The van der Waals surface area contributed by atoms with Gasteiger partial charge in [-0.3, -0.25) is 10.1 Å². The van der Waals surface area contributed by atoms with Crippen molar-refractivity contribution in [3.8, 4) is 12.3 Å². The maximum atomic E-state index is 12.2. The van der Waals surface area contributed by atoms with Gasteiger partial charge in [-0.1, -0.05) is 13.8 Å². The Bertz CT molecular complexity index is 310. The summed E-state index contributed by atoms with van der Waals surface area (Å²) in [5, 5.41) is 5.89. The number of carbonyl (C=O) groups excluding carboxylic acids is 1. The predicted molar refractivity (Wildman–Crippen MR) is 75.7 cm³/mol. The molecule has 0 saturated carbocycles. The molecule has 0 radical (unpaired) electrons. The van der Waals surface area contributed by atoms with Crippen LogP contribution in [0.15, 0.2) is 0 Å². The Balaban J connectivity index is 4.42. The second-order valence-electron chi connectivity index (χ2n) is 6.10. The zero-order chi connectivity index (χ0) is 14.4. The largest absolute Gasteiger partial charge is 0.339 e. The first-order valence-corrected chi connectivity index (χ1v) is 6.33. The van der Waals surface area contributed by atoms with Crippen molar-refractivity contribution in [3.05, 3.63) is 0 Å². The molecule has 0 aliphatic rings. The molecule has 104 valence electrons. The summed E-state index contributed by atoms with van der Waals surface area (Å²) in [6.45, 7) is 7.79. The zero-order valence-electron chi connectivity index (χ0n) is 12.3. The molecule has 0 rings (SSSR count). The Morgan fingerprint density at radius 2 is 1.89 bits per heavy atom. The second kappa shape index (κ2) is 6.77. The summed E-state index contributed by atoms with van der Waals surface area (Å²) in [4.78, 5) is 12.2. The van der Waals surface area contributed by atoms with Gasteiger partial charge >= 0.3 is 0 Å². The van der Waals surface area contributed by atoms with Crippen molar-refractivity contribution in [2.24, 2.45) is 11.1 Å². The van der Waals surface area contributed by atoms with E-state index in [0.29, 0.717) is 6.42 Å². The highest BCUT2D eigenvalue weighted by Crippen LogP contribution is 2.25. The monoisotopic (exact) mass is 253 g/mol. The minimum atomic E-state index is -0.444. The van der Waals surface area contributed by atoms with Gasteiger partial charge < -0.3 is 11.1 Å². The van der Waals surface area contributed by atoms with Crippen LogP contribution in [-0.4, -0.2) is 24.7 Å². The summed E-state index contributed by atoms with van der Waals surface area (Å²) in [5.74, 6) is 2.54. The van der Waals surface area contributed by atoms with Crippen LogP contribution in [0.2, 0.25) is 0 Å². The van der Waals surface area contributed by atoms with E-state index in [1.807, 2.05) is 27.7 Å². The Labute approximate surface area is 111 Å². The molecule has 0 aromatic heterocycles. The summed E-state index contributed by atoms with van der Waals surface area (Å²) >= 11 is 0. The number of amides is 1. The Morgan fingerprint density at radius 1 is 1.33 bits per heavy atom. The molecule has 1 unspecified atom stereocenters. The van der Waals surface area contributed by atoms with Gasteiger partial charge in [-0.2, -0.15) is 0 Å². The van der Waals surface area contributed by atoms with Crippen molar-refractivity contribution < 1.29 is 4.79 Å². The van der Waals surface area contributed by atoms with Crippen molar-refractivity contribution >= 4 is 5.91 Å². The van der Waals surface area contributed by atoms with Crippen LogP contribution in [0.3, 0.4) is 0 Å². The number of nitrogens with two attached hydrogens (primary N) is 1. The maximum absolute atomic E-state index is 12.2. The van der Waals surface area contributed by atoms with Crippen LogP contribution in [0.1, 0.15) is 47.0 Å². The standard InChI is InChI=1S/C14H27N3O/c1-7-8-11(16-6)17-12(18)13(2,3)9-10-14(4,5)15/h1,11,16H,8-10,15H2,2-6H3,(H,17,18). The smallest absolute Gasteiger partial charge is 0.226 e. The lowest BCUT2D eigenvalue weighted by atomic mass is 9.82. The van der Waals surface area contributed by atoms with Crippen LogP contribution in [-0.2, 0) is 4.79 Å². The van der Waals surface area contributed by atoms with Crippen LogP contribution in [0.4, 0.5) is 0 Å². The van der Waals surface area contributed by atoms with Crippen molar-refractivity contribution in [1.29, 1.82) is 0 Å². The molecule has 0 bridgehead atoms. The van der Waals surface area contributed by atoms with Crippen molar-refractivity contribution in [1.82, 2.24) is 10.6 Å². The first-order valence-electron chi connectivity index (χ1n) is 6.33. The van der Waals surface area contributed by atoms with E-state index in [1.54, 1.807) is 7.05 Å². The van der Waals surface area contributed by atoms with Gasteiger partial charge in [-0.15, -0.1) is 12.3 Å². The van der Waals surface area contributed by atoms with Gasteiger partial charge in [0.2, 0.25) is 5.91 Å². The Kier molecular flexibility index (Phi) is 6.37. The molecule has 0 saturated heterocycles. The fourth-order valence-electron chi connectivity index (χ4n) is 1.44. The number of nitrogens with one attached hydrogen (secondary N) is 2. The second-order valence-corrected chi connectivity index (χ2v) is 6.10. The van der Waals surface area contributed by atoms with E-state index in [2.05, 4.69) is 16.6 Å². The van der Waals surface area contributed by atoms with Gasteiger partial charge in [-0.05, 0) is 33.7 Å². The minimum absolute atomic E-state index is 0.00125. The molecule has 0 spiro atoms. The molecule has 0 aliphatic carbocycles. The lowest BCUT2D eigenvalue weighted by molar-refractivity contribution is -0.130. The minimum Gasteiger partial charge on any atom is -0.339 e. The third-order valence-corrected chi connectivity index (χ3v) is 2.98. The molecule has 0 fully saturated rings. The van der Waals surface area contributed by atoms with Crippen molar-refractivity contribution in [2.75, 3.05) is 7.05 Å². The van der Waals surface area contributed by atoms with E-state index in [9.17, 15) is 4.79 Å². The molecule has 1 amide bonds. The van der Waals surface area contributed by atoms with Crippen molar-refractivity contribution in [3.63, 3.8) is 0 Å². The topological polar surface area (TPSA) is 67.1 Å². The number of carbonyl (C=O) groups is 1. The first-order chi connectivity index (χ1) is 8.12. The highest BCUT2D eigenvalue weighted by atomic mass is 16.2. The number of hydrogen-bond acceptors (Lipinski definition) is 3. The van der Waals surface area contributed by atoms with Gasteiger partial charge in [0.1, 0.15) is 0 Å². The molecular formula is C14H27N3O. The maximum Gasteiger partial charge on any atom is 0.226 e. The van der Waals surface area contributed by atoms with Gasteiger partial charge in [0.15, 0.2) is 0 Å². The third-order valence-electron chi connectivity index (χ3n) is 2.98. The molecule has 4 heteroatoms. The van der Waals surface area contributed by atoms with E-state index < -0.39 is 5.41 Å². The highest BCUT2D eigenvalue weighted by molar-refractivity contribution is 5.82. The quantitative estimate of drug-likeness (QED) is 0.472. The molecule has 4 N–H and O–H groups in total. The van der Waals surface area contributed by atoms with Crippen LogP contribution in [0, 0.1) is 17.8 Å². The lowest BCUT2D eigenvalue weighted by Crippen LogP contribution is -2.49. The Morgan fingerprint density at radius 3 is 2.28 bits per heavy atom. The predicted octanol–water partition coefficient (Wildman–Crippen LogP) is 1.22. The van der Waals surface area contributed by atoms with Gasteiger partial charge in [0.05, 0.1) is 6.17 Å². The third kappa shape index (κ3) is 6.63. The number of terminal acetylenes is 1. The fourth-order valence-corrected chi connectivity index (χ4v) is 1.44. The Hall–Kier alpha value is -1.05.